The van der Waals surface area contributed by atoms with Gasteiger partial charge in [-0.1, -0.05) is 69.3 Å². The van der Waals surface area contributed by atoms with Crippen LogP contribution < -0.4 is 15.0 Å². The fourth-order valence-corrected chi connectivity index (χ4v) is 9.24. The number of aliphatic hydroxyl groups excluding tert-OH is 2. The quantitative estimate of drug-likeness (QED) is 0.215. The monoisotopic (exact) mass is 726 g/mol. The number of amides is 2. The van der Waals surface area contributed by atoms with Gasteiger partial charge in [0.25, 0.3) is 5.91 Å². The number of methoxy groups -OCH3 is 1. The highest BCUT2D eigenvalue weighted by Crippen LogP contribution is 2.61. The van der Waals surface area contributed by atoms with Crippen LogP contribution in [0.1, 0.15) is 62.0 Å². The first-order valence-corrected chi connectivity index (χ1v) is 19.1. The first-order chi connectivity index (χ1) is 25.2. The molecule has 53 heavy (non-hydrogen) atoms. The summed E-state index contributed by atoms with van der Waals surface area (Å²) >= 11 is 0. The van der Waals surface area contributed by atoms with Crippen molar-refractivity contribution in [3.8, 4) is 16.9 Å². The molecular formula is C43H58N4O6. The SMILES string of the molecule is COc1c(CN2O[C@@H](CO)[C@H]([C@H](C)O)[C@H]2C(=O)N[C@H]2C[C@H]3C[C@@H]([C@@H]2C)C3(C)C)cccc1-c1cc(C(=O)N(C)CCc2ccccc2)cc(N(C)C)c1. The molecule has 8 atom stereocenters. The minimum Gasteiger partial charge on any atom is -0.496 e. The van der Waals surface area contributed by atoms with Gasteiger partial charge in [-0.2, -0.15) is 5.06 Å². The van der Waals surface area contributed by atoms with Crippen molar-refractivity contribution in [3.63, 3.8) is 0 Å². The van der Waals surface area contributed by atoms with Gasteiger partial charge in [0.1, 0.15) is 17.9 Å². The molecule has 3 aliphatic carbocycles. The molecule has 1 saturated heterocycles. The van der Waals surface area contributed by atoms with Crippen LogP contribution in [0.15, 0.2) is 66.7 Å². The largest absolute Gasteiger partial charge is 0.496 e. The number of carbonyl (C=O) groups excluding carboxylic acids is 2. The van der Waals surface area contributed by atoms with Gasteiger partial charge in [0, 0.05) is 62.0 Å². The summed E-state index contributed by atoms with van der Waals surface area (Å²) in [6.45, 7) is 8.98. The number of rotatable bonds is 13. The molecule has 3 aromatic carbocycles. The zero-order valence-corrected chi connectivity index (χ0v) is 32.6. The maximum atomic E-state index is 14.2. The molecule has 7 rings (SSSR count). The average molecular weight is 727 g/mol. The van der Waals surface area contributed by atoms with E-state index in [2.05, 4.69) is 38.2 Å². The van der Waals surface area contributed by atoms with Crippen LogP contribution >= 0.6 is 0 Å². The highest BCUT2D eigenvalue weighted by atomic mass is 16.7. The number of aliphatic hydroxyl groups is 2. The summed E-state index contributed by atoms with van der Waals surface area (Å²) in [5, 5.41) is 26.3. The Morgan fingerprint density at radius 1 is 1.06 bits per heavy atom. The predicted octanol–water partition coefficient (Wildman–Crippen LogP) is 5.40. The summed E-state index contributed by atoms with van der Waals surface area (Å²) in [6.07, 6.45) is 1.24. The Labute approximate surface area is 315 Å². The highest BCUT2D eigenvalue weighted by molar-refractivity contribution is 5.97. The number of hydrogen-bond acceptors (Lipinski definition) is 8. The van der Waals surface area contributed by atoms with Crippen LogP contribution in [-0.4, -0.2) is 97.7 Å². The topological polar surface area (TPSA) is 115 Å². The Bertz CT molecular complexity index is 1760. The summed E-state index contributed by atoms with van der Waals surface area (Å²) in [7, 11) is 7.34. The van der Waals surface area contributed by atoms with Gasteiger partial charge in [0.05, 0.1) is 26.4 Å². The number of carbonyl (C=O) groups is 2. The molecule has 1 heterocycles. The second-order valence-corrected chi connectivity index (χ2v) is 16.4. The molecular weight excluding hydrogens is 668 g/mol. The van der Waals surface area contributed by atoms with Crippen molar-refractivity contribution in [2.24, 2.45) is 29.1 Å². The molecule has 0 aromatic heterocycles. The lowest BCUT2D eigenvalue weighted by atomic mass is 9.45. The number of fused-ring (bicyclic) bond motifs is 2. The molecule has 1 aliphatic heterocycles. The van der Waals surface area contributed by atoms with Crippen LogP contribution in [0.25, 0.3) is 11.1 Å². The zero-order valence-electron chi connectivity index (χ0n) is 32.6. The average Bonchev–Trinajstić information content (AvgIpc) is 3.52. The Balaban J connectivity index is 1.27. The van der Waals surface area contributed by atoms with E-state index in [1.165, 1.54) is 12.0 Å². The van der Waals surface area contributed by atoms with Gasteiger partial charge in [-0.25, -0.2) is 0 Å². The van der Waals surface area contributed by atoms with E-state index in [4.69, 9.17) is 9.57 Å². The molecule has 3 N–H and O–H groups in total. The molecule has 10 nitrogen and oxygen atoms in total. The Morgan fingerprint density at radius 2 is 1.79 bits per heavy atom. The van der Waals surface area contributed by atoms with Crippen molar-refractivity contribution in [1.29, 1.82) is 0 Å². The third-order valence-electron chi connectivity index (χ3n) is 12.6. The summed E-state index contributed by atoms with van der Waals surface area (Å²) in [5.41, 5.74) is 5.27. The maximum absolute atomic E-state index is 14.2. The van der Waals surface area contributed by atoms with Gasteiger partial charge in [0.15, 0.2) is 0 Å². The molecule has 3 aromatic rings. The van der Waals surface area contributed by atoms with Crippen LogP contribution in [0.3, 0.4) is 0 Å². The van der Waals surface area contributed by atoms with Gasteiger partial charge >= 0.3 is 0 Å². The fourth-order valence-electron chi connectivity index (χ4n) is 9.24. The van der Waals surface area contributed by atoms with E-state index in [1.54, 1.807) is 24.0 Å². The van der Waals surface area contributed by atoms with Crippen molar-refractivity contribution in [1.82, 2.24) is 15.3 Å². The van der Waals surface area contributed by atoms with E-state index < -0.39 is 24.2 Å². The van der Waals surface area contributed by atoms with E-state index in [1.807, 2.05) is 80.6 Å². The van der Waals surface area contributed by atoms with E-state index in [0.717, 1.165) is 35.2 Å². The number of likely N-dealkylation sites (N-methyl/N-ethyl adjacent to an activating group) is 1. The predicted molar refractivity (Wildman–Crippen MR) is 207 cm³/mol. The molecule has 10 heteroatoms. The van der Waals surface area contributed by atoms with Crippen molar-refractivity contribution in [2.75, 3.05) is 46.3 Å². The van der Waals surface area contributed by atoms with Gasteiger partial charge in [0.2, 0.25) is 5.91 Å². The Morgan fingerprint density at radius 3 is 2.42 bits per heavy atom. The smallest absolute Gasteiger partial charge is 0.253 e. The molecule has 4 fully saturated rings. The maximum Gasteiger partial charge on any atom is 0.253 e. The summed E-state index contributed by atoms with van der Waals surface area (Å²) in [5.74, 6) is 1.15. The molecule has 0 unspecified atom stereocenters. The van der Waals surface area contributed by atoms with Crippen molar-refractivity contribution >= 4 is 17.5 Å². The lowest BCUT2D eigenvalue weighted by Gasteiger charge is -2.62. The van der Waals surface area contributed by atoms with Gasteiger partial charge in [-0.05, 0) is 78.7 Å². The molecule has 0 spiro atoms. The highest BCUT2D eigenvalue weighted by Gasteiger charge is 2.57. The number of nitrogens with zero attached hydrogens (tertiary/aromatic N) is 3. The van der Waals surface area contributed by atoms with Crippen LogP contribution in [-0.2, 0) is 22.6 Å². The first kappa shape index (κ1) is 38.8. The number of nitrogens with one attached hydrogen (secondary N) is 1. The second-order valence-electron chi connectivity index (χ2n) is 16.4. The van der Waals surface area contributed by atoms with E-state index in [9.17, 15) is 19.8 Å². The van der Waals surface area contributed by atoms with E-state index in [0.29, 0.717) is 35.6 Å². The fraction of sp³-hybridized carbons (Fsp3) is 0.535. The molecule has 4 aliphatic rings. The third kappa shape index (κ3) is 7.69. The zero-order chi connectivity index (χ0) is 38.2. The standard InChI is InChI=1S/C43H58N4O6/c1-26-35-22-32(43(35,3)4)23-36(26)44-41(50)39-38(27(2)49)37(25-48)53-47(39)24-29-15-12-16-34(40(29)52-8)30-19-31(21-33(20-30)45(5)6)42(51)46(7)18-17-28-13-10-9-11-14-28/h9-16,19-21,26-27,32,35-39,48-49H,17-18,22-25H2,1-8H3,(H,44,50)/t26-,27-,32+,35-,36-,37-,38-,39-/m0/s1. The second kappa shape index (κ2) is 15.8. The molecule has 2 bridgehead atoms. The van der Waals surface area contributed by atoms with E-state index >= 15 is 0 Å². The van der Waals surface area contributed by atoms with Gasteiger partial charge < -0.3 is 30.1 Å². The lowest BCUT2D eigenvalue weighted by Crippen LogP contribution is -2.62. The van der Waals surface area contributed by atoms with Gasteiger partial charge in [-0.15, -0.1) is 0 Å². The number of ether oxygens (including phenoxy) is 1. The van der Waals surface area contributed by atoms with E-state index in [-0.39, 0.29) is 36.4 Å². The Hall–Kier alpha value is -3.96. The van der Waals surface area contributed by atoms with Crippen LogP contribution in [0.4, 0.5) is 5.69 Å². The number of benzene rings is 3. The van der Waals surface area contributed by atoms with Crippen molar-refractivity contribution in [3.05, 3.63) is 83.4 Å². The van der Waals surface area contributed by atoms with Crippen molar-refractivity contribution in [2.45, 2.75) is 77.8 Å². The Kier molecular flexibility index (Phi) is 11.5. The third-order valence-corrected chi connectivity index (χ3v) is 12.6. The van der Waals surface area contributed by atoms with Crippen LogP contribution in [0, 0.1) is 29.1 Å². The minimum atomic E-state index is -0.896. The summed E-state index contributed by atoms with van der Waals surface area (Å²) in [4.78, 5) is 38.1. The van der Waals surface area contributed by atoms with Crippen LogP contribution in [0.5, 0.6) is 5.75 Å². The number of para-hydroxylation sites is 1. The molecule has 0 radical (unpaired) electrons. The number of hydroxylamine groups is 2. The van der Waals surface area contributed by atoms with Crippen LogP contribution in [0.2, 0.25) is 0 Å². The molecule has 2 amide bonds. The summed E-state index contributed by atoms with van der Waals surface area (Å²) in [6, 6.07) is 21.0. The number of anilines is 1. The number of hydrogen-bond donors (Lipinski definition) is 3. The summed E-state index contributed by atoms with van der Waals surface area (Å²) < 4.78 is 6.08. The lowest BCUT2D eigenvalue weighted by molar-refractivity contribution is -0.183. The van der Waals surface area contributed by atoms with Crippen molar-refractivity contribution < 1.29 is 29.4 Å². The normalized spacial score (nSPS) is 26.7. The minimum absolute atomic E-state index is 0.0417. The molecule has 3 saturated carbocycles. The first-order valence-electron chi connectivity index (χ1n) is 19.1. The molecule has 286 valence electrons. The van der Waals surface area contributed by atoms with Gasteiger partial charge in [-0.3, -0.25) is 14.4 Å².